The minimum Gasteiger partial charge on any atom is -0.462 e. The normalized spacial score (nSPS) is 26.1. The van der Waals surface area contributed by atoms with Gasteiger partial charge in [-0.3, -0.25) is 4.79 Å². The van der Waals surface area contributed by atoms with E-state index in [-0.39, 0.29) is 5.60 Å². The van der Waals surface area contributed by atoms with E-state index in [1.54, 1.807) is 0 Å². The van der Waals surface area contributed by atoms with E-state index in [1.165, 1.54) is 13.0 Å². The van der Waals surface area contributed by atoms with Gasteiger partial charge in [-0.05, 0) is 40.8 Å². The van der Waals surface area contributed by atoms with Crippen LogP contribution < -0.4 is 5.32 Å². The van der Waals surface area contributed by atoms with Crippen LogP contribution in [0.5, 0.6) is 0 Å². The van der Waals surface area contributed by atoms with Gasteiger partial charge in [0, 0.05) is 13.1 Å². The van der Waals surface area contributed by atoms with Crippen LogP contribution in [0.2, 0.25) is 0 Å². The molecule has 120 valence electrons. The van der Waals surface area contributed by atoms with E-state index in [1.807, 2.05) is 34.6 Å². The Hall–Kier alpha value is -0.650. The zero-order valence-electron chi connectivity index (χ0n) is 14.0. The molecule has 20 heavy (non-hydrogen) atoms. The number of carbonyl (C=O) groups is 1. The summed E-state index contributed by atoms with van der Waals surface area (Å²) in [6, 6.07) is 0. The second-order valence-electron chi connectivity index (χ2n) is 6.07. The number of carbonyl (C=O) groups excluding carboxylic acids is 1. The van der Waals surface area contributed by atoms with Crippen LogP contribution in [-0.2, 0) is 14.3 Å². The van der Waals surface area contributed by atoms with Gasteiger partial charge < -0.3 is 19.7 Å². The number of ether oxygens (including phenoxy) is 2. The number of hydrogen-bond donors (Lipinski definition) is 1. The first-order valence-corrected chi connectivity index (χ1v) is 7.50. The maximum absolute atomic E-state index is 9.60. The summed E-state index contributed by atoms with van der Waals surface area (Å²) in [5.74, 6) is 0. The summed E-state index contributed by atoms with van der Waals surface area (Å²) in [5, 5.41) is 3.56. The highest BCUT2D eigenvalue weighted by Crippen LogP contribution is 2.21. The molecule has 2 saturated heterocycles. The van der Waals surface area contributed by atoms with Crippen molar-refractivity contribution in [3.63, 3.8) is 0 Å². The summed E-state index contributed by atoms with van der Waals surface area (Å²) in [5.41, 5.74) is -0.0191. The molecule has 0 amide bonds. The fourth-order valence-corrected chi connectivity index (χ4v) is 2.19. The largest absolute Gasteiger partial charge is 0.462 e. The third-order valence-electron chi connectivity index (χ3n) is 3.07. The molecule has 0 saturated carbocycles. The average Bonchev–Trinajstić information content (AvgIpc) is 2.73. The summed E-state index contributed by atoms with van der Waals surface area (Å²) >= 11 is 0. The van der Waals surface area contributed by atoms with Crippen molar-refractivity contribution in [1.82, 2.24) is 10.2 Å². The molecule has 5 heteroatoms. The number of rotatable bonds is 1. The molecule has 2 rings (SSSR count). The van der Waals surface area contributed by atoms with E-state index >= 15 is 0 Å². The van der Waals surface area contributed by atoms with Gasteiger partial charge in [-0.2, -0.15) is 0 Å². The molecule has 0 aliphatic carbocycles. The number of morpholine rings is 1. The first-order valence-electron chi connectivity index (χ1n) is 7.50. The van der Waals surface area contributed by atoms with Gasteiger partial charge in [0.2, 0.25) is 0 Å². The Morgan fingerprint density at radius 3 is 2.30 bits per heavy atom. The van der Waals surface area contributed by atoms with E-state index in [9.17, 15) is 4.79 Å². The maximum Gasteiger partial charge on any atom is 0.293 e. The summed E-state index contributed by atoms with van der Waals surface area (Å²) in [6.45, 7) is 15.1. The zero-order chi connectivity index (χ0) is 15.6. The predicted molar refractivity (Wildman–Crippen MR) is 81.9 cm³/mol. The van der Waals surface area contributed by atoms with Crippen LogP contribution in [0.1, 0.15) is 41.0 Å². The van der Waals surface area contributed by atoms with Crippen LogP contribution in [0.25, 0.3) is 0 Å². The average molecular weight is 288 g/mol. The monoisotopic (exact) mass is 288 g/mol. The first kappa shape index (κ1) is 19.4. The second kappa shape index (κ2) is 9.32. The second-order valence-corrected chi connectivity index (χ2v) is 6.07. The molecule has 2 aliphatic heterocycles. The lowest BCUT2D eigenvalue weighted by Crippen LogP contribution is -2.55. The molecule has 0 aromatic heterocycles. The van der Waals surface area contributed by atoms with Crippen molar-refractivity contribution in [3.8, 4) is 0 Å². The Kier molecular flexibility index (Phi) is 9.01. The highest BCUT2D eigenvalue weighted by atomic mass is 16.5. The van der Waals surface area contributed by atoms with Crippen LogP contribution in [0.15, 0.2) is 0 Å². The van der Waals surface area contributed by atoms with Crippen molar-refractivity contribution in [2.24, 2.45) is 0 Å². The van der Waals surface area contributed by atoms with Crippen molar-refractivity contribution < 1.29 is 14.3 Å². The number of likely N-dealkylation sites (N-methyl/N-ethyl adjacent to an activating group) is 1. The number of nitrogens with one attached hydrogen (secondary N) is 1. The molecule has 2 heterocycles. The summed E-state index contributed by atoms with van der Waals surface area (Å²) < 4.78 is 10.0. The lowest BCUT2D eigenvalue weighted by molar-refractivity contribution is -0.138. The Morgan fingerprint density at radius 2 is 2.00 bits per heavy atom. The molecule has 0 aromatic rings. The number of nitrogens with zero attached hydrogens (tertiary/aromatic N) is 1. The van der Waals surface area contributed by atoms with Gasteiger partial charge in [0.05, 0.1) is 18.8 Å². The minimum atomic E-state index is -0.318. The topological polar surface area (TPSA) is 50.8 Å². The third kappa shape index (κ3) is 7.82. The van der Waals surface area contributed by atoms with Crippen molar-refractivity contribution in [3.05, 3.63) is 0 Å². The Morgan fingerprint density at radius 1 is 1.35 bits per heavy atom. The van der Waals surface area contributed by atoms with Gasteiger partial charge in [-0.1, -0.05) is 13.8 Å². The van der Waals surface area contributed by atoms with Crippen LogP contribution in [0.4, 0.5) is 0 Å². The number of likely N-dealkylation sites (tertiary alicyclic amines) is 1. The van der Waals surface area contributed by atoms with Crippen LogP contribution >= 0.6 is 0 Å². The summed E-state index contributed by atoms with van der Waals surface area (Å²) in [4.78, 5) is 12.0. The molecule has 1 unspecified atom stereocenters. The van der Waals surface area contributed by atoms with E-state index in [2.05, 4.69) is 22.0 Å². The predicted octanol–water partition coefficient (Wildman–Crippen LogP) is 1.66. The summed E-state index contributed by atoms with van der Waals surface area (Å²) in [7, 11) is 2.17. The molecule has 0 radical (unpaired) electrons. The zero-order valence-corrected chi connectivity index (χ0v) is 14.0. The standard InChI is InChI=1S/C8H16N2O.C5H10O2.C2H6/c1-10-4-2-8(6-10)7-11-5-3-9-8;1-5(2,3)7-4-6;1-2/h9H,2-7H2,1H3;4H,1-3H3;1-2H3. The lowest BCUT2D eigenvalue weighted by Gasteiger charge is -2.34. The van der Waals surface area contributed by atoms with Crippen molar-refractivity contribution >= 4 is 6.47 Å². The molecule has 1 N–H and O–H groups in total. The fraction of sp³-hybridized carbons (Fsp3) is 0.933. The van der Waals surface area contributed by atoms with Crippen molar-refractivity contribution in [1.29, 1.82) is 0 Å². The van der Waals surface area contributed by atoms with Crippen LogP contribution in [0, 0.1) is 0 Å². The van der Waals surface area contributed by atoms with Crippen LogP contribution in [-0.4, -0.2) is 62.4 Å². The van der Waals surface area contributed by atoms with E-state index in [4.69, 9.17) is 4.74 Å². The van der Waals surface area contributed by atoms with Gasteiger partial charge in [-0.15, -0.1) is 0 Å². The molecule has 1 atom stereocenters. The van der Waals surface area contributed by atoms with E-state index in [0.717, 1.165) is 26.3 Å². The lowest BCUT2D eigenvalue weighted by atomic mass is 9.99. The molecule has 0 aromatic carbocycles. The maximum atomic E-state index is 9.60. The number of hydrogen-bond acceptors (Lipinski definition) is 5. The van der Waals surface area contributed by atoms with Gasteiger partial charge in [0.25, 0.3) is 6.47 Å². The minimum absolute atomic E-state index is 0.299. The molecule has 1 spiro atoms. The van der Waals surface area contributed by atoms with Gasteiger partial charge in [-0.25, -0.2) is 0 Å². The van der Waals surface area contributed by atoms with Crippen molar-refractivity contribution in [2.45, 2.75) is 52.2 Å². The van der Waals surface area contributed by atoms with Gasteiger partial charge >= 0.3 is 0 Å². The Balaban J connectivity index is 0.000000352. The molecule has 0 bridgehead atoms. The van der Waals surface area contributed by atoms with E-state index < -0.39 is 0 Å². The Labute approximate surface area is 124 Å². The van der Waals surface area contributed by atoms with E-state index in [0.29, 0.717) is 12.0 Å². The molecular weight excluding hydrogens is 256 g/mol. The SMILES string of the molecule is CC.CC(C)(C)OC=O.CN1CCC2(COCCN2)C1. The van der Waals surface area contributed by atoms with Gasteiger partial charge in [0.1, 0.15) is 5.60 Å². The highest BCUT2D eigenvalue weighted by molar-refractivity contribution is 5.37. The third-order valence-corrected chi connectivity index (χ3v) is 3.07. The first-order chi connectivity index (χ1) is 9.37. The van der Waals surface area contributed by atoms with Crippen LogP contribution in [0.3, 0.4) is 0 Å². The molecule has 2 fully saturated rings. The smallest absolute Gasteiger partial charge is 0.293 e. The quantitative estimate of drug-likeness (QED) is 0.744. The van der Waals surface area contributed by atoms with Gasteiger partial charge in [0.15, 0.2) is 0 Å². The molecular formula is C15H32N2O3. The fourth-order valence-electron chi connectivity index (χ4n) is 2.19. The molecule has 2 aliphatic rings. The summed E-state index contributed by atoms with van der Waals surface area (Å²) in [6.07, 6.45) is 1.24. The highest BCUT2D eigenvalue weighted by Gasteiger charge is 2.37. The molecule has 5 nitrogen and oxygen atoms in total. The Bertz CT molecular complexity index is 253. The van der Waals surface area contributed by atoms with Crippen molar-refractivity contribution in [2.75, 3.05) is 39.9 Å².